The Balaban J connectivity index is 1.28. The molecule has 0 aliphatic carbocycles. The van der Waals surface area contributed by atoms with E-state index in [9.17, 15) is 9.59 Å². The van der Waals surface area contributed by atoms with Gasteiger partial charge < -0.3 is 15.5 Å². The Labute approximate surface area is 231 Å². The summed E-state index contributed by atoms with van der Waals surface area (Å²) in [5.74, 6) is -0.556. The predicted octanol–water partition coefficient (Wildman–Crippen LogP) is 4.40. The molecular formula is C29H29N9O2. The molecule has 0 spiro atoms. The number of hydrogen-bond acceptors (Lipinski definition) is 7. The summed E-state index contributed by atoms with van der Waals surface area (Å²) in [5.41, 5.74) is 13.1. The number of carbonyl (C=O) groups is 2. The minimum Gasteiger partial charge on any atom is -0.348 e. The van der Waals surface area contributed by atoms with Crippen LogP contribution in [0.2, 0.25) is 0 Å². The van der Waals surface area contributed by atoms with E-state index >= 15 is 0 Å². The molecule has 5 rings (SSSR count). The molecule has 0 saturated heterocycles. The van der Waals surface area contributed by atoms with Crippen LogP contribution in [0.5, 0.6) is 0 Å². The minimum absolute atomic E-state index is 0.208. The molecule has 0 saturated carbocycles. The molecule has 0 bridgehead atoms. The smallest absolute Gasteiger partial charge is 0.255 e. The number of likely N-dealkylation sites (N-methyl/N-ethyl adjacent to an activating group) is 1. The molecule has 1 aliphatic rings. The Morgan fingerprint density at radius 3 is 2.73 bits per heavy atom. The molecule has 4 aromatic rings. The zero-order chi connectivity index (χ0) is 28.1. The lowest BCUT2D eigenvalue weighted by molar-refractivity contribution is 0.0950. The molecule has 202 valence electrons. The van der Waals surface area contributed by atoms with Gasteiger partial charge in [-0.3, -0.25) is 15.0 Å². The third-order valence-electron chi connectivity index (χ3n) is 6.78. The van der Waals surface area contributed by atoms with Crippen LogP contribution in [0, 0.1) is 10.9 Å². The summed E-state index contributed by atoms with van der Waals surface area (Å²) in [4.78, 5) is 28.5. The summed E-state index contributed by atoms with van der Waals surface area (Å²) in [6, 6.07) is 19.8. The van der Waals surface area contributed by atoms with Gasteiger partial charge in [0, 0.05) is 43.3 Å². The Hall–Kier alpha value is -5.16. The van der Waals surface area contributed by atoms with E-state index in [1.807, 2.05) is 18.2 Å². The lowest BCUT2D eigenvalue weighted by Gasteiger charge is -2.25. The maximum Gasteiger partial charge on any atom is 0.255 e. The third-order valence-corrected chi connectivity index (χ3v) is 6.78. The topological polar surface area (TPSA) is 143 Å². The maximum absolute atomic E-state index is 13.2. The molecule has 0 radical (unpaired) electrons. The van der Waals surface area contributed by atoms with Crippen LogP contribution >= 0.6 is 0 Å². The van der Waals surface area contributed by atoms with Crippen LogP contribution in [0.3, 0.4) is 0 Å². The Kier molecular flexibility index (Phi) is 7.74. The van der Waals surface area contributed by atoms with Crippen LogP contribution in [0.25, 0.3) is 5.69 Å². The molecule has 11 heteroatoms. The second kappa shape index (κ2) is 11.7. The first-order valence-electron chi connectivity index (χ1n) is 12.8. The molecule has 2 heterocycles. The Bertz CT molecular complexity index is 1560. The normalized spacial score (nSPS) is 12.7. The number of rotatable bonds is 9. The van der Waals surface area contributed by atoms with Crippen LogP contribution in [0.15, 0.2) is 84.3 Å². The number of benzene rings is 3. The van der Waals surface area contributed by atoms with Gasteiger partial charge in [0.1, 0.15) is 6.34 Å². The monoisotopic (exact) mass is 535 g/mol. The van der Waals surface area contributed by atoms with E-state index in [0.29, 0.717) is 22.5 Å². The summed E-state index contributed by atoms with van der Waals surface area (Å²) < 4.78 is 1.54. The maximum atomic E-state index is 13.2. The summed E-state index contributed by atoms with van der Waals surface area (Å²) >= 11 is 0. The highest BCUT2D eigenvalue weighted by atomic mass is 16.2. The SMILES string of the molecule is CN1CCc2ccc(NC(=O)c3cccc(CNC(=O)c4ccc(N(C=N)N=N)cc4-n4cccn4)c3)cc2C1. The fourth-order valence-corrected chi connectivity index (χ4v) is 4.70. The number of carbonyl (C=O) groups excluding carboxylic acids is 2. The molecule has 0 fully saturated rings. The summed E-state index contributed by atoms with van der Waals surface area (Å²) in [5, 5.41) is 21.9. The zero-order valence-electron chi connectivity index (χ0n) is 22.0. The van der Waals surface area contributed by atoms with Gasteiger partial charge in [-0.15, -0.1) is 0 Å². The molecule has 0 unspecified atom stereocenters. The van der Waals surface area contributed by atoms with Gasteiger partial charge in [0.15, 0.2) is 0 Å². The van der Waals surface area contributed by atoms with Crippen molar-refractivity contribution in [2.24, 2.45) is 5.22 Å². The van der Waals surface area contributed by atoms with Gasteiger partial charge in [0.25, 0.3) is 11.8 Å². The van der Waals surface area contributed by atoms with Crippen molar-refractivity contribution in [3.8, 4) is 5.69 Å². The van der Waals surface area contributed by atoms with Crippen LogP contribution in [0.4, 0.5) is 11.4 Å². The highest BCUT2D eigenvalue weighted by molar-refractivity contribution is 6.04. The van der Waals surface area contributed by atoms with Crippen LogP contribution in [0.1, 0.15) is 37.4 Å². The molecule has 0 atom stereocenters. The van der Waals surface area contributed by atoms with E-state index in [1.165, 1.54) is 15.8 Å². The van der Waals surface area contributed by atoms with Crippen molar-refractivity contribution in [3.05, 3.63) is 107 Å². The highest BCUT2D eigenvalue weighted by Gasteiger charge is 2.17. The van der Waals surface area contributed by atoms with Gasteiger partial charge in [-0.2, -0.15) is 10.6 Å². The van der Waals surface area contributed by atoms with E-state index in [0.717, 1.165) is 42.1 Å². The van der Waals surface area contributed by atoms with Crippen molar-refractivity contribution in [1.82, 2.24) is 20.0 Å². The third kappa shape index (κ3) is 5.79. The van der Waals surface area contributed by atoms with Gasteiger partial charge in [-0.05, 0) is 78.7 Å². The van der Waals surface area contributed by atoms with Gasteiger partial charge in [0.2, 0.25) is 0 Å². The number of nitrogens with zero attached hydrogens (tertiary/aromatic N) is 5. The molecule has 4 N–H and O–H groups in total. The molecule has 3 aromatic carbocycles. The second-order valence-corrected chi connectivity index (χ2v) is 9.53. The number of fused-ring (bicyclic) bond motifs is 1. The van der Waals surface area contributed by atoms with Gasteiger partial charge >= 0.3 is 0 Å². The average Bonchev–Trinajstić information content (AvgIpc) is 3.51. The first kappa shape index (κ1) is 26.4. The first-order chi connectivity index (χ1) is 19.4. The zero-order valence-corrected chi connectivity index (χ0v) is 22.0. The van der Waals surface area contributed by atoms with Crippen molar-refractivity contribution in [3.63, 3.8) is 0 Å². The van der Waals surface area contributed by atoms with Crippen LogP contribution < -0.4 is 15.6 Å². The molecule has 2 amide bonds. The molecular weight excluding hydrogens is 506 g/mol. The number of nitrogens with one attached hydrogen (secondary N) is 4. The average molecular weight is 536 g/mol. The fraction of sp³-hybridized carbons (Fsp3) is 0.172. The van der Waals surface area contributed by atoms with Crippen molar-refractivity contribution >= 4 is 29.5 Å². The quantitative estimate of drug-likeness (QED) is 0.109. The van der Waals surface area contributed by atoms with Gasteiger partial charge in [-0.25, -0.2) is 9.69 Å². The van der Waals surface area contributed by atoms with Crippen LogP contribution in [-0.2, 0) is 19.5 Å². The summed E-state index contributed by atoms with van der Waals surface area (Å²) in [6.07, 6.45) is 5.20. The minimum atomic E-state index is -0.338. The number of anilines is 2. The Morgan fingerprint density at radius 1 is 1.07 bits per heavy atom. The number of aromatic nitrogens is 2. The fourth-order valence-electron chi connectivity index (χ4n) is 4.70. The van der Waals surface area contributed by atoms with E-state index in [-0.39, 0.29) is 18.4 Å². The van der Waals surface area contributed by atoms with Crippen molar-refractivity contribution < 1.29 is 9.59 Å². The van der Waals surface area contributed by atoms with Crippen molar-refractivity contribution in [2.75, 3.05) is 23.9 Å². The first-order valence-corrected chi connectivity index (χ1v) is 12.8. The number of hydrogen-bond donors (Lipinski definition) is 4. The molecule has 40 heavy (non-hydrogen) atoms. The van der Waals surface area contributed by atoms with Gasteiger partial charge in [-0.1, -0.05) is 23.4 Å². The number of amides is 2. The molecule has 1 aliphatic heterocycles. The van der Waals surface area contributed by atoms with Crippen LogP contribution in [-0.4, -0.2) is 46.4 Å². The van der Waals surface area contributed by atoms with E-state index < -0.39 is 0 Å². The standard InChI is InChI=1S/C29H29N9O2/c1-36-13-10-21-6-7-24(15-23(21)18-36)34-28(39)22-5-2-4-20(14-22)17-32-29(40)26-9-8-25(38(19-30)35-31)16-27(26)37-12-3-11-33-37/h2-9,11-12,14-16,19,30-31H,10,13,17-18H2,1H3,(H,32,40)(H,34,39). The lowest BCUT2D eigenvalue weighted by Crippen LogP contribution is -2.26. The van der Waals surface area contributed by atoms with Crippen molar-refractivity contribution in [1.29, 1.82) is 10.9 Å². The van der Waals surface area contributed by atoms with E-state index in [2.05, 4.69) is 39.0 Å². The second-order valence-electron chi connectivity index (χ2n) is 9.53. The van der Waals surface area contributed by atoms with E-state index in [1.54, 1.807) is 54.9 Å². The summed E-state index contributed by atoms with van der Waals surface area (Å²) in [7, 11) is 2.09. The van der Waals surface area contributed by atoms with E-state index in [4.69, 9.17) is 10.9 Å². The van der Waals surface area contributed by atoms with Crippen molar-refractivity contribution in [2.45, 2.75) is 19.5 Å². The predicted molar refractivity (Wildman–Crippen MR) is 152 cm³/mol. The highest BCUT2D eigenvalue weighted by Crippen LogP contribution is 2.24. The van der Waals surface area contributed by atoms with Gasteiger partial charge in [0.05, 0.1) is 16.9 Å². The largest absolute Gasteiger partial charge is 0.348 e. The summed E-state index contributed by atoms with van der Waals surface area (Å²) in [6.45, 7) is 2.10. The Morgan fingerprint density at radius 2 is 1.95 bits per heavy atom. The molecule has 1 aromatic heterocycles. The molecule has 11 nitrogen and oxygen atoms in total. The lowest BCUT2D eigenvalue weighted by atomic mass is 9.99.